The predicted molar refractivity (Wildman–Crippen MR) is 57.8 cm³/mol. The van der Waals surface area contributed by atoms with Gasteiger partial charge in [-0.1, -0.05) is 0 Å². The Labute approximate surface area is 94.6 Å². The quantitative estimate of drug-likeness (QED) is 0.874. The van der Waals surface area contributed by atoms with Crippen LogP contribution < -0.4 is 10.5 Å². The molecule has 0 atom stereocenters. The molecule has 2 aromatic heterocycles. The normalized spacial score (nSPS) is 10.9. The molecule has 0 spiro atoms. The lowest BCUT2D eigenvalue weighted by Gasteiger charge is -2.02. The molecule has 0 aromatic carbocycles. The van der Waals surface area contributed by atoms with Gasteiger partial charge in [-0.25, -0.2) is 4.98 Å². The smallest absolute Gasteiger partial charge is 0.261 e. The summed E-state index contributed by atoms with van der Waals surface area (Å²) in [6.07, 6.45) is 2.46. The van der Waals surface area contributed by atoms with Gasteiger partial charge in [0.2, 0.25) is 5.65 Å². The fourth-order valence-electron chi connectivity index (χ4n) is 1.32. The molecule has 0 amide bonds. The van der Waals surface area contributed by atoms with E-state index in [4.69, 9.17) is 10.5 Å². The fourth-order valence-corrected chi connectivity index (χ4v) is 1.69. The third-order valence-electron chi connectivity index (χ3n) is 1.96. The summed E-state index contributed by atoms with van der Waals surface area (Å²) >= 11 is 3.30. The SMILES string of the molecule is COc1nc(Br)cn2c(CCN)nnc12. The number of hydrogen-bond donors (Lipinski definition) is 1. The van der Waals surface area contributed by atoms with Crippen molar-refractivity contribution >= 4 is 21.6 Å². The molecule has 7 heteroatoms. The predicted octanol–water partition coefficient (Wildman–Crippen LogP) is 0.397. The minimum atomic E-state index is 0.445. The molecule has 0 unspecified atom stereocenters. The van der Waals surface area contributed by atoms with Crippen LogP contribution in [-0.4, -0.2) is 33.2 Å². The first-order chi connectivity index (χ1) is 7.26. The number of methoxy groups -OCH3 is 1. The van der Waals surface area contributed by atoms with Gasteiger partial charge >= 0.3 is 0 Å². The Balaban J connectivity index is 2.64. The molecule has 0 saturated carbocycles. The molecule has 0 radical (unpaired) electrons. The van der Waals surface area contributed by atoms with E-state index in [1.165, 1.54) is 0 Å². The van der Waals surface area contributed by atoms with Crippen LogP contribution in [0.4, 0.5) is 0 Å². The zero-order chi connectivity index (χ0) is 10.8. The molecule has 80 valence electrons. The largest absolute Gasteiger partial charge is 0.478 e. The maximum atomic E-state index is 5.48. The van der Waals surface area contributed by atoms with E-state index >= 15 is 0 Å². The molecular weight excluding hydrogens is 262 g/mol. The van der Waals surface area contributed by atoms with Gasteiger partial charge in [-0.15, -0.1) is 10.2 Å². The summed E-state index contributed by atoms with van der Waals surface area (Å²) in [5.74, 6) is 1.24. The molecule has 6 nitrogen and oxygen atoms in total. The van der Waals surface area contributed by atoms with E-state index in [1.54, 1.807) is 13.3 Å². The number of nitrogens with zero attached hydrogens (tertiary/aromatic N) is 4. The third kappa shape index (κ3) is 1.80. The Bertz CT molecular complexity index is 483. The molecule has 0 saturated heterocycles. The van der Waals surface area contributed by atoms with E-state index in [0.29, 0.717) is 29.1 Å². The number of fused-ring (bicyclic) bond motifs is 1. The maximum Gasteiger partial charge on any atom is 0.261 e. The first-order valence-corrected chi connectivity index (χ1v) is 5.19. The van der Waals surface area contributed by atoms with Gasteiger partial charge in [-0.05, 0) is 22.5 Å². The Morgan fingerprint density at radius 1 is 1.53 bits per heavy atom. The summed E-state index contributed by atoms with van der Waals surface area (Å²) in [4.78, 5) is 4.13. The third-order valence-corrected chi connectivity index (χ3v) is 2.35. The molecule has 2 rings (SSSR count). The van der Waals surface area contributed by atoms with Crippen molar-refractivity contribution in [3.05, 3.63) is 16.6 Å². The number of aromatic nitrogens is 4. The number of halogens is 1. The average molecular weight is 272 g/mol. The fraction of sp³-hybridized carbons (Fsp3) is 0.375. The maximum absolute atomic E-state index is 5.48. The van der Waals surface area contributed by atoms with E-state index < -0.39 is 0 Å². The summed E-state index contributed by atoms with van der Waals surface area (Å²) in [5, 5.41) is 8.03. The number of nitrogens with two attached hydrogens (primary N) is 1. The van der Waals surface area contributed by atoms with Crippen molar-refractivity contribution in [2.45, 2.75) is 6.42 Å². The zero-order valence-electron chi connectivity index (χ0n) is 8.14. The van der Waals surface area contributed by atoms with Gasteiger partial charge in [-0.2, -0.15) is 0 Å². The number of hydrogen-bond acceptors (Lipinski definition) is 5. The topological polar surface area (TPSA) is 78.3 Å². The molecule has 2 aromatic rings. The van der Waals surface area contributed by atoms with E-state index in [1.807, 2.05) is 4.40 Å². The van der Waals surface area contributed by atoms with Crippen LogP contribution >= 0.6 is 15.9 Å². The van der Waals surface area contributed by atoms with Crippen LogP contribution in [0.5, 0.6) is 5.88 Å². The molecule has 0 fully saturated rings. The second-order valence-electron chi connectivity index (χ2n) is 2.92. The number of ether oxygens (including phenoxy) is 1. The highest BCUT2D eigenvalue weighted by Crippen LogP contribution is 2.19. The molecular formula is C8H10BrN5O. The van der Waals surface area contributed by atoms with Crippen molar-refractivity contribution in [1.82, 2.24) is 19.6 Å². The monoisotopic (exact) mass is 271 g/mol. The van der Waals surface area contributed by atoms with Crippen LogP contribution in [0.25, 0.3) is 5.65 Å². The van der Waals surface area contributed by atoms with Crippen LogP contribution in [0.15, 0.2) is 10.8 Å². The summed E-state index contributed by atoms with van der Waals surface area (Å²) in [6, 6.07) is 0. The standard InChI is InChI=1S/C8H10BrN5O/c1-15-8-7-13-12-6(2-3-10)14(7)4-5(9)11-8/h4H,2-3,10H2,1H3. The van der Waals surface area contributed by atoms with Gasteiger partial charge in [0.15, 0.2) is 0 Å². The average Bonchev–Trinajstić information content (AvgIpc) is 2.61. The van der Waals surface area contributed by atoms with Crippen LogP contribution in [0.1, 0.15) is 5.82 Å². The van der Waals surface area contributed by atoms with Gasteiger partial charge in [0, 0.05) is 12.6 Å². The highest BCUT2D eigenvalue weighted by Gasteiger charge is 2.11. The van der Waals surface area contributed by atoms with Gasteiger partial charge in [0.1, 0.15) is 10.4 Å². The molecule has 2 heterocycles. The highest BCUT2D eigenvalue weighted by molar-refractivity contribution is 9.10. The Hall–Kier alpha value is -1.21. The summed E-state index contributed by atoms with van der Waals surface area (Å²) < 4.78 is 7.60. The summed E-state index contributed by atoms with van der Waals surface area (Å²) in [7, 11) is 1.55. The summed E-state index contributed by atoms with van der Waals surface area (Å²) in [6.45, 7) is 0.531. The highest BCUT2D eigenvalue weighted by atomic mass is 79.9. The van der Waals surface area contributed by atoms with Gasteiger partial charge < -0.3 is 10.5 Å². The Morgan fingerprint density at radius 3 is 3.00 bits per heavy atom. The summed E-state index contributed by atoms with van der Waals surface area (Å²) in [5.41, 5.74) is 6.08. The molecule has 0 bridgehead atoms. The van der Waals surface area contributed by atoms with E-state index in [9.17, 15) is 0 Å². The van der Waals surface area contributed by atoms with Crippen molar-refractivity contribution in [3.63, 3.8) is 0 Å². The van der Waals surface area contributed by atoms with Crippen molar-refractivity contribution in [2.24, 2.45) is 5.73 Å². The van der Waals surface area contributed by atoms with E-state index in [0.717, 1.165) is 5.82 Å². The van der Waals surface area contributed by atoms with Crippen molar-refractivity contribution < 1.29 is 4.74 Å². The van der Waals surface area contributed by atoms with Crippen molar-refractivity contribution in [3.8, 4) is 5.88 Å². The lowest BCUT2D eigenvalue weighted by atomic mass is 10.4. The van der Waals surface area contributed by atoms with Gasteiger partial charge in [-0.3, -0.25) is 4.40 Å². The molecule has 0 aliphatic rings. The first-order valence-electron chi connectivity index (χ1n) is 4.40. The van der Waals surface area contributed by atoms with Crippen LogP contribution in [-0.2, 0) is 6.42 Å². The van der Waals surface area contributed by atoms with E-state index in [2.05, 4.69) is 31.1 Å². The lowest BCUT2D eigenvalue weighted by Crippen LogP contribution is -2.06. The number of rotatable bonds is 3. The minimum absolute atomic E-state index is 0.445. The second-order valence-corrected chi connectivity index (χ2v) is 3.73. The van der Waals surface area contributed by atoms with Crippen LogP contribution in [0, 0.1) is 0 Å². The molecule has 0 aliphatic carbocycles. The Kier molecular flexibility index (Phi) is 2.83. The molecule has 2 N–H and O–H groups in total. The van der Waals surface area contributed by atoms with Gasteiger partial charge in [0.25, 0.3) is 5.88 Å². The molecule has 15 heavy (non-hydrogen) atoms. The zero-order valence-corrected chi connectivity index (χ0v) is 9.73. The second kappa shape index (κ2) is 4.11. The first kappa shape index (κ1) is 10.3. The van der Waals surface area contributed by atoms with Crippen LogP contribution in [0.2, 0.25) is 0 Å². The molecule has 0 aliphatic heterocycles. The van der Waals surface area contributed by atoms with Crippen molar-refractivity contribution in [2.75, 3.05) is 13.7 Å². The minimum Gasteiger partial charge on any atom is -0.478 e. The van der Waals surface area contributed by atoms with Crippen LogP contribution in [0.3, 0.4) is 0 Å². The van der Waals surface area contributed by atoms with Gasteiger partial charge in [0.05, 0.1) is 7.11 Å². The van der Waals surface area contributed by atoms with Crippen molar-refractivity contribution in [1.29, 1.82) is 0 Å². The van der Waals surface area contributed by atoms with E-state index in [-0.39, 0.29) is 0 Å². The lowest BCUT2D eigenvalue weighted by molar-refractivity contribution is 0.399. The Morgan fingerprint density at radius 2 is 2.33 bits per heavy atom.